The Morgan fingerprint density at radius 1 is 1.12 bits per heavy atom. The Morgan fingerprint density at radius 2 is 1.92 bits per heavy atom. The van der Waals surface area contributed by atoms with Gasteiger partial charge in [-0.1, -0.05) is 36.2 Å². The number of nitrogens with one attached hydrogen (secondary N) is 2. The Balaban J connectivity index is 1.71. The number of aliphatic hydroxyl groups is 1. The van der Waals surface area contributed by atoms with Gasteiger partial charge in [0.15, 0.2) is 0 Å². The number of hydrogen-bond acceptors (Lipinski definition) is 4. The molecule has 2 aromatic carbocycles. The van der Waals surface area contributed by atoms with Gasteiger partial charge in [-0.15, -0.1) is 0 Å². The van der Waals surface area contributed by atoms with Crippen molar-refractivity contribution in [3.05, 3.63) is 65.2 Å². The fraction of sp³-hybridized carbons (Fsp3) is 0.286. The lowest BCUT2D eigenvalue weighted by atomic mass is 9.93. The van der Waals surface area contributed by atoms with Gasteiger partial charge in [-0.25, -0.2) is 4.98 Å². The van der Waals surface area contributed by atoms with E-state index in [9.17, 15) is 5.11 Å². The van der Waals surface area contributed by atoms with E-state index in [2.05, 4.69) is 10.6 Å². The van der Waals surface area contributed by atoms with Crippen molar-refractivity contribution in [1.29, 1.82) is 0 Å². The van der Waals surface area contributed by atoms with Crippen LogP contribution in [0, 0.1) is 0 Å². The van der Waals surface area contributed by atoms with Crippen LogP contribution in [0.4, 0.5) is 11.5 Å². The number of nitrogens with zero attached hydrogens (tertiary/aromatic N) is 1. The zero-order chi connectivity index (χ0) is 17.9. The average molecular weight is 368 g/mol. The molecule has 4 nitrogen and oxygen atoms in total. The van der Waals surface area contributed by atoms with Crippen molar-refractivity contribution < 1.29 is 5.11 Å². The highest BCUT2D eigenvalue weighted by atomic mass is 35.5. The normalized spacial score (nSPS) is 18.6. The number of pyridine rings is 1. The first-order valence-electron chi connectivity index (χ1n) is 9.04. The predicted molar refractivity (Wildman–Crippen MR) is 107 cm³/mol. The molecule has 0 spiro atoms. The van der Waals surface area contributed by atoms with E-state index in [0.29, 0.717) is 5.02 Å². The average Bonchev–Trinajstić information content (AvgIpc) is 2.69. The maximum Gasteiger partial charge on any atom is 0.131 e. The molecule has 26 heavy (non-hydrogen) atoms. The minimum absolute atomic E-state index is 0.0814. The Morgan fingerprint density at radius 3 is 2.69 bits per heavy atom. The SMILES string of the molecule is OC(c1cc(Nc2ccc(Cl)cc2)nc2ccccc12)C1CCCCN1. The van der Waals surface area contributed by atoms with Crippen LogP contribution < -0.4 is 10.6 Å². The molecule has 134 valence electrons. The van der Waals surface area contributed by atoms with Crippen LogP contribution in [0.3, 0.4) is 0 Å². The molecule has 4 rings (SSSR count). The topological polar surface area (TPSA) is 57.2 Å². The van der Waals surface area contributed by atoms with Crippen molar-refractivity contribution in [1.82, 2.24) is 10.3 Å². The molecular weight excluding hydrogens is 346 g/mol. The van der Waals surface area contributed by atoms with Gasteiger partial charge in [-0.3, -0.25) is 0 Å². The number of hydrogen-bond donors (Lipinski definition) is 3. The molecule has 2 atom stereocenters. The summed E-state index contributed by atoms with van der Waals surface area (Å²) in [5.74, 6) is 0.718. The number of piperidine rings is 1. The van der Waals surface area contributed by atoms with E-state index in [4.69, 9.17) is 16.6 Å². The summed E-state index contributed by atoms with van der Waals surface area (Å²) in [5, 5.41) is 19.5. The van der Waals surface area contributed by atoms with Gasteiger partial charge in [0, 0.05) is 22.1 Å². The second-order valence-electron chi connectivity index (χ2n) is 6.75. The lowest BCUT2D eigenvalue weighted by Crippen LogP contribution is -2.38. The van der Waals surface area contributed by atoms with Crippen molar-refractivity contribution in [3.8, 4) is 0 Å². The highest BCUT2D eigenvalue weighted by molar-refractivity contribution is 6.30. The van der Waals surface area contributed by atoms with Crippen LogP contribution in [0.25, 0.3) is 10.9 Å². The molecular formula is C21H22ClN3O. The highest BCUT2D eigenvalue weighted by Gasteiger charge is 2.24. The first-order valence-corrected chi connectivity index (χ1v) is 9.42. The van der Waals surface area contributed by atoms with Crippen molar-refractivity contribution in [2.45, 2.75) is 31.4 Å². The van der Waals surface area contributed by atoms with Crippen LogP contribution in [0.15, 0.2) is 54.6 Å². The summed E-state index contributed by atoms with van der Waals surface area (Å²) in [6.07, 6.45) is 2.74. The van der Waals surface area contributed by atoms with Crippen LogP contribution in [-0.2, 0) is 0 Å². The molecule has 1 fully saturated rings. The standard InChI is InChI=1S/C21H22ClN3O/c22-14-8-10-15(11-9-14)24-20-13-17(16-5-1-2-6-18(16)25-20)21(26)19-7-3-4-12-23-19/h1-2,5-6,8-11,13,19,21,23,26H,3-4,7,12H2,(H,24,25). The minimum atomic E-state index is -0.561. The summed E-state index contributed by atoms with van der Waals surface area (Å²) in [7, 11) is 0. The fourth-order valence-electron chi connectivity index (χ4n) is 3.56. The van der Waals surface area contributed by atoms with E-state index in [-0.39, 0.29) is 6.04 Å². The Labute approximate surface area is 158 Å². The molecule has 0 bridgehead atoms. The summed E-state index contributed by atoms with van der Waals surface area (Å²) < 4.78 is 0. The second-order valence-corrected chi connectivity index (χ2v) is 7.18. The summed E-state index contributed by atoms with van der Waals surface area (Å²) in [6, 6.07) is 17.5. The first-order chi connectivity index (χ1) is 12.7. The first kappa shape index (κ1) is 17.3. The monoisotopic (exact) mass is 367 g/mol. The minimum Gasteiger partial charge on any atom is -0.387 e. The molecule has 2 heterocycles. The summed E-state index contributed by atoms with van der Waals surface area (Å²) in [5.41, 5.74) is 2.69. The van der Waals surface area contributed by atoms with Crippen molar-refractivity contribution in [3.63, 3.8) is 0 Å². The lowest BCUT2D eigenvalue weighted by Gasteiger charge is -2.29. The fourth-order valence-corrected chi connectivity index (χ4v) is 3.68. The van der Waals surface area contributed by atoms with E-state index < -0.39 is 6.10 Å². The van der Waals surface area contributed by atoms with Gasteiger partial charge in [-0.05, 0) is 61.3 Å². The third kappa shape index (κ3) is 3.68. The van der Waals surface area contributed by atoms with Gasteiger partial charge >= 0.3 is 0 Å². The number of anilines is 2. The van der Waals surface area contributed by atoms with Gasteiger partial charge in [0.2, 0.25) is 0 Å². The Kier molecular flexibility index (Phi) is 5.07. The van der Waals surface area contributed by atoms with Crippen LogP contribution in [-0.4, -0.2) is 22.7 Å². The summed E-state index contributed by atoms with van der Waals surface area (Å²) in [4.78, 5) is 4.71. The zero-order valence-electron chi connectivity index (χ0n) is 14.5. The quantitative estimate of drug-likeness (QED) is 0.619. The smallest absolute Gasteiger partial charge is 0.131 e. The van der Waals surface area contributed by atoms with E-state index in [1.165, 1.54) is 6.42 Å². The molecule has 5 heteroatoms. The lowest BCUT2D eigenvalue weighted by molar-refractivity contribution is 0.115. The zero-order valence-corrected chi connectivity index (χ0v) is 15.2. The van der Waals surface area contributed by atoms with E-state index in [1.54, 1.807) is 0 Å². The number of benzene rings is 2. The summed E-state index contributed by atoms with van der Waals surface area (Å²) in [6.45, 7) is 0.959. The van der Waals surface area contributed by atoms with Crippen molar-refractivity contribution in [2.24, 2.45) is 0 Å². The molecule has 1 saturated heterocycles. The molecule has 0 aliphatic carbocycles. The molecule has 2 unspecified atom stereocenters. The molecule has 1 aliphatic heterocycles. The van der Waals surface area contributed by atoms with Crippen LogP contribution >= 0.6 is 11.6 Å². The summed E-state index contributed by atoms with van der Waals surface area (Å²) >= 11 is 5.96. The Bertz CT molecular complexity index is 891. The number of aromatic nitrogens is 1. The third-order valence-corrected chi connectivity index (χ3v) is 5.16. The molecule has 0 saturated carbocycles. The molecule has 0 radical (unpaired) electrons. The third-order valence-electron chi connectivity index (χ3n) is 4.91. The van der Waals surface area contributed by atoms with Crippen LogP contribution in [0.2, 0.25) is 5.02 Å². The highest BCUT2D eigenvalue weighted by Crippen LogP contribution is 2.31. The predicted octanol–water partition coefficient (Wildman–Crippen LogP) is 4.81. The van der Waals surface area contributed by atoms with E-state index >= 15 is 0 Å². The van der Waals surface area contributed by atoms with Gasteiger partial charge in [0.25, 0.3) is 0 Å². The molecule has 1 aromatic heterocycles. The molecule has 3 aromatic rings. The number of halogens is 1. The maximum absolute atomic E-state index is 11.0. The van der Waals surface area contributed by atoms with Gasteiger partial charge in [0.1, 0.15) is 5.82 Å². The number of para-hydroxylation sites is 1. The maximum atomic E-state index is 11.0. The van der Waals surface area contributed by atoms with Gasteiger partial charge in [-0.2, -0.15) is 0 Å². The van der Waals surface area contributed by atoms with Crippen molar-refractivity contribution >= 4 is 34.0 Å². The second kappa shape index (κ2) is 7.62. The van der Waals surface area contributed by atoms with Gasteiger partial charge in [0.05, 0.1) is 11.6 Å². The molecule has 3 N–H and O–H groups in total. The number of aliphatic hydroxyl groups excluding tert-OH is 1. The number of rotatable bonds is 4. The molecule has 1 aliphatic rings. The van der Waals surface area contributed by atoms with Crippen LogP contribution in [0.1, 0.15) is 30.9 Å². The Hall–Kier alpha value is -2.14. The van der Waals surface area contributed by atoms with Crippen LogP contribution in [0.5, 0.6) is 0 Å². The van der Waals surface area contributed by atoms with E-state index in [0.717, 1.165) is 47.4 Å². The van der Waals surface area contributed by atoms with Crippen molar-refractivity contribution in [2.75, 3.05) is 11.9 Å². The largest absolute Gasteiger partial charge is 0.387 e. The van der Waals surface area contributed by atoms with E-state index in [1.807, 2.05) is 54.6 Å². The molecule has 0 amide bonds. The van der Waals surface area contributed by atoms with Gasteiger partial charge < -0.3 is 15.7 Å². The number of fused-ring (bicyclic) bond motifs is 1.